The van der Waals surface area contributed by atoms with Crippen LogP contribution in [0.4, 0.5) is 0 Å². The van der Waals surface area contributed by atoms with E-state index in [1.165, 1.54) is 36.1 Å². The molecule has 14 heavy (non-hydrogen) atoms. The number of halogens is 1. The van der Waals surface area contributed by atoms with E-state index in [2.05, 4.69) is 38.3 Å². The van der Waals surface area contributed by atoms with Crippen LogP contribution >= 0.6 is 15.9 Å². The lowest BCUT2D eigenvalue weighted by atomic mass is 9.99. The van der Waals surface area contributed by atoms with Gasteiger partial charge in [-0.2, -0.15) is 0 Å². The summed E-state index contributed by atoms with van der Waals surface area (Å²) in [6, 6.07) is 1.31. The van der Waals surface area contributed by atoms with Crippen molar-refractivity contribution >= 4 is 15.9 Å². The van der Waals surface area contributed by atoms with Crippen LogP contribution in [0.3, 0.4) is 0 Å². The molecule has 0 radical (unpaired) electrons. The maximum Gasteiger partial charge on any atom is 0.0518 e. The summed E-state index contributed by atoms with van der Waals surface area (Å²) in [7, 11) is 0. The maximum absolute atomic E-state index is 3.68. The van der Waals surface area contributed by atoms with Crippen LogP contribution in [0, 0.1) is 0 Å². The molecule has 0 aromatic carbocycles. The topological polar surface area (TPSA) is 15.3 Å². The first kappa shape index (κ1) is 8.98. The van der Waals surface area contributed by atoms with Crippen LogP contribution in [-0.4, -0.2) is 30.1 Å². The summed E-state index contributed by atoms with van der Waals surface area (Å²) in [5, 5.41) is 3.64. The summed E-state index contributed by atoms with van der Waals surface area (Å²) >= 11 is 3.68. The van der Waals surface area contributed by atoms with E-state index in [9.17, 15) is 0 Å². The Kier molecular flexibility index (Phi) is 2.17. The highest BCUT2D eigenvalue weighted by Crippen LogP contribution is 2.34. The second-order valence-electron chi connectivity index (χ2n) is 4.32. The molecule has 3 heteroatoms. The highest BCUT2D eigenvalue weighted by molar-refractivity contribution is 9.11. The fourth-order valence-electron chi connectivity index (χ4n) is 2.83. The molecule has 3 rings (SSSR count). The molecule has 0 saturated carbocycles. The van der Waals surface area contributed by atoms with Crippen LogP contribution in [0.25, 0.3) is 0 Å². The van der Waals surface area contributed by atoms with E-state index in [4.69, 9.17) is 0 Å². The van der Waals surface area contributed by atoms with Crippen molar-refractivity contribution in [2.24, 2.45) is 0 Å². The van der Waals surface area contributed by atoms with Crippen LogP contribution in [0.2, 0.25) is 0 Å². The van der Waals surface area contributed by atoms with Crippen LogP contribution in [0.5, 0.6) is 0 Å². The van der Waals surface area contributed by atoms with Crippen LogP contribution in [0.15, 0.2) is 22.3 Å². The molecular formula is C11H15BrN2. The van der Waals surface area contributed by atoms with E-state index in [1.807, 2.05) is 0 Å². The Bertz CT molecular complexity index is 308. The molecule has 0 aromatic heterocycles. The quantitative estimate of drug-likeness (QED) is 0.712. The number of nitrogens with one attached hydrogen (secondary N) is 1. The zero-order chi connectivity index (χ0) is 9.54. The number of nitrogens with zero attached hydrogens (tertiary/aromatic N) is 1. The molecule has 2 atom stereocenters. The minimum Gasteiger partial charge on any atom is -0.368 e. The summed E-state index contributed by atoms with van der Waals surface area (Å²) in [5.74, 6) is 0. The van der Waals surface area contributed by atoms with Gasteiger partial charge in [-0.1, -0.05) is 12.2 Å². The lowest BCUT2D eigenvalue weighted by Gasteiger charge is -2.41. The molecule has 1 N–H and O–H groups in total. The largest absolute Gasteiger partial charge is 0.368 e. The van der Waals surface area contributed by atoms with Gasteiger partial charge in [0.1, 0.15) is 0 Å². The van der Waals surface area contributed by atoms with E-state index >= 15 is 0 Å². The zero-order valence-electron chi connectivity index (χ0n) is 8.17. The van der Waals surface area contributed by atoms with Crippen molar-refractivity contribution in [3.8, 4) is 0 Å². The Balaban J connectivity index is 1.98. The van der Waals surface area contributed by atoms with Gasteiger partial charge in [0.25, 0.3) is 0 Å². The predicted octanol–water partition coefficient (Wildman–Crippen LogP) is 1.99. The molecule has 3 aliphatic rings. The third-order valence-corrected chi connectivity index (χ3v) is 4.17. The van der Waals surface area contributed by atoms with Gasteiger partial charge in [-0.05, 0) is 35.2 Å². The third-order valence-electron chi connectivity index (χ3n) is 3.50. The first-order valence-corrected chi connectivity index (χ1v) is 6.22. The van der Waals surface area contributed by atoms with Crippen molar-refractivity contribution in [1.82, 2.24) is 10.2 Å². The van der Waals surface area contributed by atoms with E-state index < -0.39 is 0 Å². The number of hydrogen-bond acceptors (Lipinski definition) is 2. The van der Waals surface area contributed by atoms with Crippen molar-refractivity contribution in [1.29, 1.82) is 0 Å². The zero-order valence-corrected chi connectivity index (χ0v) is 9.76. The Labute approximate surface area is 93.2 Å². The summed E-state index contributed by atoms with van der Waals surface area (Å²) < 4.78 is 1.29. The molecule has 2 fully saturated rings. The fraction of sp³-hybridized carbons (Fsp3) is 0.636. The molecule has 1 aliphatic carbocycles. The summed E-state index contributed by atoms with van der Waals surface area (Å²) in [5.41, 5.74) is 1.50. The molecule has 0 aromatic rings. The number of hydrogen-bond donors (Lipinski definition) is 1. The minimum absolute atomic E-state index is 0.559. The van der Waals surface area contributed by atoms with Gasteiger partial charge in [0.05, 0.1) is 6.04 Å². The van der Waals surface area contributed by atoms with Crippen molar-refractivity contribution in [3.05, 3.63) is 22.3 Å². The lowest BCUT2D eigenvalue weighted by Crippen LogP contribution is -2.52. The highest BCUT2D eigenvalue weighted by Gasteiger charge is 2.36. The van der Waals surface area contributed by atoms with Crippen molar-refractivity contribution in [3.63, 3.8) is 0 Å². The second kappa shape index (κ2) is 3.38. The summed E-state index contributed by atoms with van der Waals surface area (Å²) in [6.07, 6.45) is 8.31. The summed E-state index contributed by atoms with van der Waals surface area (Å²) in [6.45, 7) is 2.42. The van der Waals surface area contributed by atoms with Gasteiger partial charge in [-0.25, -0.2) is 0 Å². The second-order valence-corrected chi connectivity index (χ2v) is 5.18. The molecule has 0 bridgehead atoms. The molecule has 2 heterocycles. The Morgan fingerprint density at radius 1 is 1.50 bits per heavy atom. The average molecular weight is 255 g/mol. The molecule has 2 aliphatic heterocycles. The molecule has 2 saturated heterocycles. The van der Waals surface area contributed by atoms with Crippen molar-refractivity contribution in [2.45, 2.75) is 31.3 Å². The first-order chi connectivity index (χ1) is 6.86. The Morgan fingerprint density at radius 3 is 3.36 bits per heavy atom. The number of fused-ring (bicyclic) bond motifs is 3. The van der Waals surface area contributed by atoms with Gasteiger partial charge in [-0.3, -0.25) is 0 Å². The average Bonchev–Trinajstić information content (AvgIpc) is 2.65. The van der Waals surface area contributed by atoms with E-state index in [1.54, 1.807) is 0 Å². The monoisotopic (exact) mass is 254 g/mol. The molecule has 0 unspecified atom stereocenters. The maximum atomic E-state index is 3.68. The normalized spacial score (nSPS) is 35.9. The Morgan fingerprint density at radius 2 is 2.43 bits per heavy atom. The summed E-state index contributed by atoms with van der Waals surface area (Å²) in [4.78, 5) is 2.61. The SMILES string of the molecule is BrC1=C2[C@@H](CC=C1)NC[C@@H]1CCCN21. The smallest absolute Gasteiger partial charge is 0.0518 e. The molecular weight excluding hydrogens is 240 g/mol. The van der Waals surface area contributed by atoms with Gasteiger partial charge in [-0.15, -0.1) is 0 Å². The Hall–Kier alpha value is -0.280. The number of piperazine rings is 1. The minimum atomic E-state index is 0.559. The van der Waals surface area contributed by atoms with Gasteiger partial charge in [0, 0.05) is 29.3 Å². The van der Waals surface area contributed by atoms with Gasteiger partial charge in [0.2, 0.25) is 0 Å². The van der Waals surface area contributed by atoms with E-state index in [-0.39, 0.29) is 0 Å². The highest BCUT2D eigenvalue weighted by atomic mass is 79.9. The van der Waals surface area contributed by atoms with Crippen molar-refractivity contribution in [2.75, 3.05) is 13.1 Å². The van der Waals surface area contributed by atoms with Crippen LogP contribution in [-0.2, 0) is 0 Å². The number of allylic oxidation sites excluding steroid dienone is 2. The molecule has 76 valence electrons. The van der Waals surface area contributed by atoms with Gasteiger partial charge in [0.15, 0.2) is 0 Å². The predicted molar refractivity (Wildman–Crippen MR) is 61.2 cm³/mol. The molecule has 0 amide bonds. The van der Waals surface area contributed by atoms with E-state index in [0.717, 1.165) is 12.5 Å². The van der Waals surface area contributed by atoms with E-state index in [0.29, 0.717) is 6.04 Å². The van der Waals surface area contributed by atoms with Gasteiger partial charge >= 0.3 is 0 Å². The van der Waals surface area contributed by atoms with Crippen LogP contribution in [0.1, 0.15) is 19.3 Å². The molecule has 0 spiro atoms. The standard InChI is InChI=1S/C11H15BrN2/c12-9-4-1-5-10-11(9)14-6-2-3-8(14)7-13-10/h1,4,8,10,13H,2-3,5-7H2/t8-,10+/m0/s1. The fourth-order valence-corrected chi connectivity index (χ4v) is 3.52. The molecule has 2 nitrogen and oxygen atoms in total. The van der Waals surface area contributed by atoms with Crippen LogP contribution < -0.4 is 5.32 Å². The van der Waals surface area contributed by atoms with Gasteiger partial charge < -0.3 is 10.2 Å². The first-order valence-electron chi connectivity index (χ1n) is 5.42. The lowest BCUT2D eigenvalue weighted by molar-refractivity contribution is 0.232. The third kappa shape index (κ3) is 1.26. The number of rotatable bonds is 0. The van der Waals surface area contributed by atoms with Crippen molar-refractivity contribution < 1.29 is 0 Å².